The molecule has 0 aromatic heterocycles. The zero-order valence-electron chi connectivity index (χ0n) is 8.79. The van der Waals surface area contributed by atoms with Gasteiger partial charge >= 0.3 is 0 Å². The molecule has 1 rings (SSSR count). The van der Waals surface area contributed by atoms with Crippen LogP contribution >= 0.6 is 0 Å². The number of rotatable bonds is 5. The molecule has 0 saturated carbocycles. The summed E-state index contributed by atoms with van der Waals surface area (Å²) in [5, 5.41) is 2.60. The second-order valence-electron chi connectivity index (χ2n) is 3.61. The van der Waals surface area contributed by atoms with Crippen LogP contribution in [0.2, 0.25) is 0 Å². The molecule has 1 unspecified atom stereocenters. The summed E-state index contributed by atoms with van der Waals surface area (Å²) in [6, 6.07) is -0.562. The lowest BCUT2D eigenvalue weighted by molar-refractivity contribution is -0.129. The van der Waals surface area contributed by atoms with E-state index in [9.17, 15) is 9.59 Å². The Morgan fingerprint density at radius 3 is 3.00 bits per heavy atom. The number of hydroxylamine groups is 1. The highest BCUT2D eigenvalue weighted by atomic mass is 16.7. The molecule has 4 N–H and O–H groups in total. The van der Waals surface area contributed by atoms with E-state index in [-0.39, 0.29) is 24.3 Å². The van der Waals surface area contributed by atoms with E-state index >= 15 is 0 Å². The number of amides is 2. The summed E-state index contributed by atoms with van der Waals surface area (Å²) in [4.78, 5) is 27.2. The van der Waals surface area contributed by atoms with Gasteiger partial charge in [0, 0.05) is 6.42 Å². The molecule has 0 radical (unpaired) electrons. The molecule has 2 atom stereocenters. The maximum atomic E-state index is 11.5. The van der Waals surface area contributed by atoms with E-state index in [0.717, 1.165) is 6.42 Å². The third kappa shape index (κ3) is 3.49. The van der Waals surface area contributed by atoms with Crippen LogP contribution in [-0.4, -0.2) is 31.0 Å². The zero-order valence-corrected chi connectivity index (χ0v) is 8.79. The van der Waals surface area contributed by atoms with Gasteiger partial charge in [-0.15, -0.1) is 0 Å². The van der Waals surface area contributed by atoms with Gasteiger partial charge < -0.3 is 11.1 Å². The highest BCUT2D eigenvalue weighted by molar-refractivity contribution is 5.88. The smallest absolute Gasteiger partial charge is 0.268 e. The van der Waals surface area contributed by atoms with E-state index < -0.39 is 6.04 Å². The van der Waals surface area contributed by atoms with Gasteiger partial charge in [0.25, 0.3) is 5.91 Å². The normalized spacial score (nSPS) is 22.3. The summed E-state index contributed by atoms with van der Waals surface area (Å²) in [7, 11) is 0. The van der Waals surface area contributed by atoms with Crippen LogP contribution in [0, 0.1) is 5.92 Å². The number of nitrogens with two attached hydrogens (primary N) is 1. The Bertz CT molecular complexity index is 241. The van der Waals surface area contributed by atoms with E-state index in [1.54, 1.807) is 0 Å². The summed E-state index contributed by atoms with van der Waals surface area (Å²) in [6.07, 6.45) is 1.22. The Balaban J connectivity index is 2.31. The lowest BCUT2D eigenvalue weighted by Crippen LogP contribution is -2.42. The van der Waals surface area contributed by atoms with Crippen LogP contribution in [-0.2, 0) is 14.4 Å². The van der Waals surface area contributed by atoms with Crippen molar-refractivity contribution in [2.75, 3.05) is 13.2 Å². The molecule has 1 saturated heterocycles. The monoisotopic (exact) mass is 215 g/mol. The third-order valence-electron chi connectivity index (χ3n) is 2.46. The Morgan fingerprint density at radius 1 is 1.80 bits per heavy atom. The lowest BCUT2D eigenvalue weighted by Gasteiger charge is -2.13. The summed E-state index contributed by atoms with van der Waals surface area (Å²) >= 11 is 0. The van der Waals surface area contributed by atoms with E-state index in [1.807, 2.05) is 6.92 Å². The summed E-state index contributed by atoms with van der Waals surface area (Å²) in [6.45, 7) is 2.65. The average molecular weight is 215 g/mol. The van der Waals surface area contributed by atoms with Gasteiger partial charge in [0.2, 0.25) is 5.91 Å². The molecule has 1 fully saturated rings. The van der Waals surface area contributed by atoms with Crippen LogP contribution in [0.25, 0.3) is 0 Å². The van der Waals surface area contributed by atoms with Crippen molar-refractivity contribution in [3.8, 4) is 0 Å². The molecule has 6 heteroatoms. The SMILES string of the molecule is CCC(CN)CC(=O)N[C@@H]1CONC1=O. The standard InChI is InChI=1S/C9H17N3O3/c1-2-6(4-10)3-8(13)11-7-5-15-12-9(7)14/h6-7H,2-5,10H2,1H3,(H,11,13)(H,12,14)/t6?,7-/m1/s1. The van der Waals surface area contributed by atoms with Gasteiger partial charge in [-0.2, -0.15) is 0 Å². The quantitative estimate of drug-likeness (QED) is 0.543. The Hall–Kier alpha value is -1.14. The highest BCUT2D eigenvalue weighted by Crippen LogP contribution is 2.06. The first kappa shape index (κ1) is 11.9. The Labute approximate surface area is 88.5 Å². The molecule has 0 bridgehead atoms. The molecule has 1 heterocycles. The molecular formula is C9H17N3O3. The fourth-order valence-electron chi connectivity index (χ4n) is 1.36. The topological polar surface area (TPSA) is 93.5 Å². The van der Waals surface area contributed by atoms with Gasteiger partial charge in [0.05, 0.1) is 0 Å². The first-order valence-corrected chi connectivity index (χ1v) is 5.08. The largest absolute Gasteiger partial charge is 0.342 e. The van der Waals surface area contributed by atoms with Crippen LogP contribution < -0.4 is 16.5 Å². The summed E-state index contributed by atoms with van der Waals surface area (Å²) < 4.78 is 0. The van der Waals surface area contributed by atoms with Crippen molar-refractivity contribution in [1.82, 2.24) is 10.8 Å². The van der Waals surface area contributed by atoms with Crippen molar-refractivity contribution in [3.05, 3.63) is 0 Å². The second-order valence-corrected chi connectivity index (χ2v) is 3.61. The fourth-order valence-corrected chi connectivity index (χ4v) is 1.36. The van der Waals surface area contributed by atoms with Gasteiger partial charge in [0.1, 0.15) is 12.6 Å². The van der Waals surface area contributed by atoms with Crippen LogP contribution in [0.3, 0.4) is 0 Å². The van der Waals surface area contributed by atoms with Gasteiger partial charge in [0.15, 0.2) is 0 Å². The van der Waals surface area contributed by atoms with Crippen molar-refractivity contribution in [2.45, 2.75) is 25.8 Å². The molecule has 86 valence electrons. The first-order chi connectivity index (χ1) is 7.17. The van der Waals surface area contributed by atoms with Gasteiger partial charge in [-0.3, -0.25) is 14.4 Å². The second kappa shape index (κ2) is 5.67. The van der Waals surface area contributed by atoms with Crippen molar-refractivity contribution in [1.29, 1.82) is 0 Å². The molecule has 1 aliphatic heterocycles. The number of nitrogens with one attached hydrogen (secondary N) is 2. The minimum atomic E-state index is -0.562. The lowest BCUT2D eigenvalue weighted by atomic mass is 10.0. The Kier molecular flexibility index (Phi) is 4.51. The van der Waals surface area contributed by atoms with E-state index in [4.69, 9.17) is 5.73 Å². The van der Waals surface area contributed by atoms with Gasteiger partial charge in [-0.25, -0.2) is 5.48 Å². The molecule has 0 aliphatic carbocycles. The van der Waals surface area contributed by atoms with Crippen LogP contribution in [0.4, 0.5) is 0 Å². The van der Waals surface area contributed by atoms with Crippen LogP contribution in [0.5, 0.6) is 0 Å². The minimum Gasteiger partial charge on any atom is -0.342 e. The van der Waals surface area contributed by atoms with Crippen molar-refractivity contribution < 1.29 is 14.4 Å². The predicted octanol–water partition coefficient (Wildman–Crippen LogP) is -1.09. The van der Waals surface area contributed by atoms with E-state index in [2.05, 4.69) is 15.6 Å². The van der Waals surface area contributed by atoms with Crippen molar-refractivity contribution in [2.24, 2.45) is 11.7 Å². The zero-order chi connectivity index (χ0) is 11.3. The molecule has 0 aromatic rings. The minimum absolute atomic E-state index is 0.155. The summed E-state index contributed by atoms with van der Waals surface area (Å²) in [5.41, 5.74) is 7.66. The molecule has 0 aromatic carbocycles. The molecule has 0 spiro atoms. The van der Waals surface area contributed by atoms with Crippen molar-refractivity contribution >= 4 is 11.8 Å². The number of carbonyl (C=O) groups is 2. The number of hydrogen-bond donors (Lipinski definition) is 3. The van der Waals surface area contributed by atoms with E-state index in [0.29, 0.717) is 13.0 Å². The van der Waals surface area contributed by atoms with Crippen LogP contribution in [0.15, 0.2) is 0 Å². The molecule has 6 nitrogen and oxygen atoms in total. The van der Waals surface area contributed by atoms with Crippen LogP contribution in [0.1, 0.15) is 19.8 Å². The Morgan fingerprint density at radius 2 is 2.53 bits per heavy atom. The van der Waals surface area contributed by atoms with Crippen molar-refractivity contribution in [3.63, 3.8) is 0 Å². The average Bonchev–Trinajstić information content (AvgIpc) is 2.61. The van der Waals surface area contributed by atoms with E-state index in [1.165, 1.54) is 0 Å². The third-order valence-corrected chi connectivity index (χ3v) is 2.46. The molecular weight excluding hydrogens is 198 g/mol. The first-order valence-electron chi connectivity index (χ1n) is 5.08. The molecule has 2 amide bonds. The maximum Gasteiger partial charge on any atom is 0.268 e. The maximum absolute atomic E-state index is 11.5. The number of carbonyl (C=O) groups excluding carboxylic acids is 2. The molecule has 1 aliphatic rings. The predicted molar refractivity (Wildman–Crippen MR) is 53.5 cm³/mol. The summed E-state index contributed by atoms with van der Waals surface area (Å²) in [5.74, 6) is -0.280. The highest BCUT2D eigenvalue weighted by Gasteiger charge is 2.27. The molecule has 15 heavy (non-hydrogen) atoms. The van der Waals surface area contributed by atoms with Gasteiger partial charge in [-0.05, 0) is 12.5 Å². The number of hydrogen-bond acceptors (Lipinski definition) is 4. The van der Waals surface area contributed by atoms with Gasteiger partial charge in [-0.1, -0.05) is 13.3 Å². The fraction of sp³-hybridized carbons (Fsp3) is 0.778.